The number of hydrogen-bond acceptors (Lipinski definition) is 0. The van der Waals surface area contributed by atoms with Gasteiger partial charge in [0, 0.05) is 0 Å². The third-order valence-corrected chi connectivity index (χ3v) is 7.90. The quantitative estimate of drug-likeness (QED) is 0.339. The van der Waals surface area contributed by atoms with Crippen molar-refractivity contribution in [3.63, 3.8) is 0 Å². The Balaban J connectivity index is 1.94. The molecule has 1 aromatic heterocycles. The predicted molar refractivity (Wildman–Crippen MR) is 126 cm³/mol. The van der Waals surface area contributed by atoms with Crippen molar-refractivity contribution in [2.45, 2.75) is 45.4 Å². The second kappa shape index (κ2) is 6.07. The van der Waals surface area contributed by atoms with Crippen LogP contribution in [0.15, 0.2) is 60.9 Å². The zero-order valence-corrected chi connectivity index (χ0v) is 19.2. The summed E-state index contributed by atoms with van der Waals surface area (Å²) in [4.78, 5) is 0. The fourth-order valence-corrected chi connectivity index (χ4v) is 5.40. The highest BCUT2D eigenvalue weighted by molar-refractivity contribution is 6.01. The zero-order valence-electron chi connectivity index (χ0n) is 19.2. The molecule has 3 aromatic carbocycles. The third kappa shape index (κ3) is 2.34. The van der Waals surface area contributed by atoms with Gasteiger partial charge >= 0.3 is 0 Å². The number of aryl methyl sites for hydroxylation is 3. The second-order valence-corrected chi connectivity index (χ2v) is 10.0. The summed E-state index contributed by atoms with van der Waals surface area (Å²) < 4.78 is 4.44. The number of imidazole rings is 1. The molecule has 0 unspecified atom stereocenters. The van der Waals surface area contributed by atoms with Crippen LogP contribution in [0.5, 0.6) is 0 Å². The smallest absolute Gasteiger partial charge is 0.233 e. The van der Waals surface area contributed by atoms with Crippen LogP contribution in [0, 0.1) is 6.92 Å². The van der Waals surface area contributed by atoms with Crippen LogP contribution in [0.4, 0.5) is 0 Å². The molecule has 0 saturated heterocycles. The van der Waals surface area contributed by atoms with E-state index in [2.05, 4.69) is 119 Å². The van der Waals surface area contributed by atoms with E-state index >= 15 is 0 Å². The lowest BCUT2D eigenvalue weighted by Gasteiger charge is -2.49. The van der Waals surface area contributed by atoms with Crippen LogP contribution in [0.25, 0.3) is 33.3 Å². The van der Waals surface area contributed by atoms with Crippen molar-refractivity contribution in [2.24, 2.45) is 14.1 Å². The van der Waals surface area contributed by atoms with Crippen molar-refractivity contribution >= 4 is 10.8 Å². The number of rotatable bonds is 1. The van der Waals surface area contributed by atoms with Gasteiger partial charge in [-0.05, 0) is 62.4 Å². The van der Waals surface area contributed by atoms with Crippen LogP contribution in [-0.2, 0) is 24.9 Å². The Morgan fingerprint density at radius 2 is 1.53 bits per heavy atom. The first kappa shape index (κ1) is 19.1. The number of benzene rings is 3. The average Bonchev–Trinajstić information content (AvgIpc) is 3.04. The van der Waals surface area contributed by atoms with E-state index in [9.17, 15) is 0 Å². The minimum atomic E-state index is 0.0253. The van der Waals surface area contributed by atoms with E-state index in [0.717, 1.165) is 0 Å². The van der Waals surface area contributed by atoms with Gasteiger partial charge in [-0.15, -0.1) is 0 Å². The molecule has 4 aromatic rings. The highest BCUT2D eigenvalue weighted by atomic mass is 15.1. The van der Waals surface area contributed by atoms with Crippen LogP contribution >= 0.6 is 0 Å². The minimum Gasteiger partial charge on any atom is -0.233 e. The van der Waals surface area contributed by atoms with Gasteiger partial charge in [0.05, 0.1) is 19.7 Å². The first-order chi connectivity index (χ1) is 14.1. The molecule has 5 rings (SSSR count). The molecule has 1 aliphatic rings. The van der Waals surface area contributed by atoms with Crippen LogP contribution in [0.2, 0.25) is 0 Å². The molecule has 1 aliphatic carbocycles. The van der Waals surface area contributed by atoms with E-state index in [1.165, 1.54) is 50.0 Å². The molecule has 0 bridgehead atoms. The van der Waals surface area contributed by atoms with Crippen LogP contribution in [0.3, 0.4) is 0 Å². The third-order valence-electron chi connectivity index (χ3n) is 7.90. The highest BCUT2D eigenvalue weighted by Gasteiger charge is 2.46. The normalized spacial score (nSPS) is 16.4. The van der Waals surface area contributed by atoms with E-state index in [4.69, 9.17) is 0 Å². The van der Waals surface area contributed by atoms with Gasteiger partial charge in [-0.25, -0.2) is 9.13 Å². The van der Waals surface area contributed by atoms with Crippen LogP contribution in [0.1, 0.15) is 44.4 Å². The lowest BCUT2D eigenvalue weighted by atomic mass is 9.55. The molecule has 152 valence electrons. The molecular formula is C28H31N2+. The highest BCUT2D eigenvalue weighted by Crippen LogP contribution is 2.56. The molecule has 0 saturated carbocycles. The topological polar surface area (TPSA) is 8.81 Å². The fourth-order valence-electron chi connectivity index (χ4n) is 5.40. The van der Waals surface area contributed by atoms with E-state index in [1.54, 1.807) is 0 Å². The molecule has 2 heteroatoms. The summed E-state index contributed by atoms with van der Waals surface area (Å²) in [6.45, 7) is 11.9. The Kier molecular flexibility index (Phi) is 3.87. The molecular weight excluding hydrogens is 364 g/mol. The van der Waals surface area contributed by atoms with Gasteiger partial charge in [0.2, 0.25) is 0 Å². The van der Waals surface area contributed by atoms with Gasteiger partial charge < -0.3 is 0 Å². The lowest BCUT2D eigenvalue weighted by Crippen LogP contribution is -2.43. The number of aromatic nitrogens is 2. The van der Waals surface area contributed by atoms with Gasteiger partial charge in [0.15, 0.2) is 0 Å². The second-order valence-electron chi connectivity index (χ2n) is 10.0. The van der Waals surface area contributed by atoms with Gasteiger partial charge in [-0.1, -0.05) is 70.2 Å². The van der Waals surface area contributed by atoms with E-state index in [-0.39, 0.29) is 10.8 Å². The Bertz CT molecular complexity index is 1300. The molecule has 1 heterocycles. The summed E-state index contributed by atoms with van der Waals surface area (Å²) in [5.41, 5.74) is 8.38. The number of hydrogen-bond donors (Lipinski definition) is 0. The minimum absolute atomic E-state index is 0.0253. The predicted octanol–water partition coefficient (Wildman–Crippen LogP) is 6.21. The van der Waals surface area contributed by atoms with Crippen molar-refractivity contribution in [3.8, 4) is 22.5 Å². The van der Waals surface area contributed by atoms with Crippen molar-refractivity contribution in [3.05, 3.63) is 77.6 Å². The van der Waals surface area contributed by atoms with E-state index in [0.29, 0.717) is 0 Å². The molecule has 0 atom stereocenters. The van der Waals surface area contributed by atoms with Gasteiger partial charge in [0.25, 0.3) is 5.82 Å². The largest absolute Gasteiger partial charge is 0.288 e. The molecule has 0 N–H and O–H groups in total. The Labute approximate surface area is 179 Å². The van der Waals surface area contributed by atoms with Gasteiger partial charge in [-0.2, -0.15) is 0 Å². The summed E-state index contributed by atoms with van der Waals surface area (Å²) in [5, 5.41) is 2.66. The first-order valence-electron chi connectivity index (χ1n) is 10.8. The van der Waals surface area contributed by atoms with Crippen molar-refractivity contribution in [1.82, 2.24) is 4.57 Å². The van der Waals surface area contributed by atoms with Crippen LogP contribution < -0.4 is 4.57 Å². The summed E-state index contributed by atoms with van der Waals surface area (Å²) in [6, 6.07) is 18.4. The van der Waals surface area contributed by atoms with E-state index < -0.39 is 0 Å². The standard InChI is InChI=1S/C28H31N2/c1-18-16-24-22(17-21(18)26-29(6)14-15-30(26)7)25-20-11-9-8-10-19(20)12-13-23(25)27(2,3)28(24,4)5/h8-17H,1-7H3/q+1. The summed E-state index contributed by atoms with van der Waals surface area (Å²) >= 11 is 0. The number of nitrogens with zero attached hydrogens (tertiary/aromatic N) is 2. The zero-order chi connectivity index (χ0) is 21.4. The molecule has 0 aliphatic heterocycles. The summed E-state index contributed by atoms with van der Waals surface area (Å²) in [6.07, 6.45) is 4.26. The van der Waals surface area contributed by atoms with Crippen molar-refractivity contribution in [1.29, 1.82) is 0 Å². The molecule has 30 heavy (non-hydrogen) atoms. The average molecular weight is 396 g/mol. The van der Waals surface area contributed by atoms with Crippen molar-refractivity contribution < 1.29 is 4.57 Å². The Hall–Kier alpha value is -2.87. The Morgan fingerprint density at radius 3 is 2.23 bits per heavy atom. The first-order valence-corrected chi connectivity index (χ1v) is 10.8. The lowest BCUT2D eigenvalue weighted by molar-refractivity contribution is -0.659. The molecule has 0 spiro atoms. The van der Waals surface area contributed by atoms with Crippen molar-refractivity contribution in [2.75, 3.05) is 0 Å². The Morgan fingerprint density at radius 1 is 0.833 bits per heavy atom. The maximum atomic E-state index is 2.45. The van der Waals surface area contributed by atoms with Gasteiger partial charge in [-0.3, -0.25) is 0 Å². The van der Waals surface area contributed by atoms with E-state index in [1.807, 2.05) is 0 Å². The summed E-state index contributed by atoms with van der Waals surface area (Å²) in [7, 11) is 4.26. The maximum absolute atomic E-state index is 2.45. The maximum Gasteiger partial charge on any atom is 0.288 e. The van der Waals surface area contributed by atoms with Crippen LogP contribution in [-0.4, -0.2) is 4.57 Å². The van der Waals surface area contributed by atoms with Gasteiger partial charge in [0.1, 0.15) is 12.4 Å². The molecule has 0 fully saturated rings. The monoisotopic (exact) mass is 395 g/mol. The summed E-state index contributed by atoms with van der Waals surface area (Å²) in [5.74, 6) is 1.24. The molecule has 2 nitrogen and oxygen atoms in total. The fraction of sp³-hybridized carbons (Fsp3) is 0.321. The molecule has 0 amide bonds. The molecule has 0 radical (unpaired) electrons. The SMILES string of the molecule is Cc1cc2c(cc1-c1n(C)cc[n+]1C)-c1c(ccc3ccccc13)C(C)(C)C2(C)C. The number of fused-ring (bicyclic) bond motifs is 5.